The van der Waals surface area contributed by atoms with E-state index >= 15 is 0 Å². The number of hydrogen-bond donors (Lipinski definition) is 3. The molecule has 1 unspecified atom stereocenters. The molecule has 0 spiro atoms. The number of nitrogens with zero attached hydrogens (tertiary/aromatic N) is 1. The molecule has 4 nitrogen and oxygen atoms in total. The number of aliphatic imine (C=N–C) groups is 1. The van der Waals surface area contributed by atoms with E-state index in [0.717, 1.165) is 12.8 Å². The lowest BCUT2D eigenvalue weighted by Gasteiger charge is -2.10. The van der Waals surface area contributed by atoms with E-state index in [2.05, 4.69) is 10.3 Å². The van der Waals surface area contributed by atoms with Gasteiger partial charge in [-0.25, -0.2) is 0 Å². The first-order chi connectivity index (χ1) is 5.22. The van der Waals surface area contributed by atoms with Gasteiger partial charge in [0.15, 0.2) is 5.96 Å². The van der Waals surface area contributed by atoms with Gasteiger partial charge in [0.1, 0.15) is 0 Å². The number of aliphatic hydroxyl groups excluding tert-OH is 1. The summed E-state index contributed by atoms with van der Waals surface area (Å²) in [6.45, 7) is 1.94. The molecular formula is C7H15N3O. The average Bonchev–Trinajstić information content (AvgIpc) is 2.71. The lowest BCUT2D eigenvalue weighted by atomic mass is 10.4. The van der Waals surface area contributed by atoms with Crippen LogP contribution < -0.4 is 11.1 Å². The largest absolute Gasteiger partial charge is 0.394 e. The normalized spacial score (nSPS) is 21.5. The molecule has 1 aliphatic rings. The SMILES string of the molecule is CC(CO)NC(N)=NC1CC1. The highest BCUT2D eigenvalue weighted by Gasteiger charge is 2.20. The summed E-state index contributed by atoms with van der Waals surface area (Å²) in [5.74, 6) is 0.453. The Balaban J connectivity index is 2.23. The average molecular weight is 157 g/mol. The zero-order chi connectivity index (χ0) is 8.27. The van der Waals surface area contributed by atoms with Gasteiger partial charge in [0.25, 0.3) is 0 Å². The third-order valence-electron chi connectivity index (χ3n) is 1.54. The molecule has 11 heavy (non-hydrogen) atoms. The minimum atomic E-state index is -0.00231. The monoisotopic (exact) mass is 157 g/mol. The van der Waals surface area contributed by atoms with Gasteiger partial charge in [-0.1, -0.05) is 0 Å². The molecule has 0 amide bonds. The van der Waals surface area contributed by atoms with Crippen LogP contribution in [0.1, 0.15) is 19.8 Å². The Kier molecular flexibility index (Phi) is 2.70. The van der Waals surface area contributed by atoms with Crippen LogP contribution in [0.25, 0.3) is 0 Å². The summed E-state index contributed by atoms with van der Waals surface area (Å²) in [7, 11) is 0. The molecule has 0 aromatic heterocycles. The molecule has 1 atom stereocenters. The Morgan fingerprint density at radius 3 is 2.91 bits per heavy atom. The summed E-state index contributed by atoms with van der Waals surface area (Å²) in [5.41, 5.74) is 5.52. The first-order valence-corrected chi connectivity index (χ1v) is 3.93. The van der Waals surface area contributed by atoms with Crippen molar-refractivity contribution in [2.45, 2.75) is 31.8 Å². The van der Waals surface area contributed by atoms with Gasteiger partial charge in [-0.2, -0.15) is 0 Å². The zero-order valence-corrected chi connectivity index (χ0v) is 6.75. The molecule has 4 N–H and O–H groups in total. The minimum Gasteiger partial charge on any atom is -0.394 e. The summed E-state index contributed by atoms with van der Waals surface area (Å²) < 4.78 is 0. The Morgan fingerprint density at radius 2 is 2.45 bits per heavy atom. The number of nitrogens with one attached hydrogen (secondary N) is 1. The standard InChI is InChI=1S/C7H15N3O/c1-5(4-11)9-7(8)10-6-2-3-6/h5-6,11H,2-4H2,1H3,(H3,8,9,10). The second-order valence-electron chi connectivity index (χ2n) is 2.97. The van der Waals surface area contributed by atoms with Gasteiger partial charge in [-0.15, -0.1) is 0 Å². The van der Waals surface area contributed by atoms with Crippen LogP contribution in [0, 0.1) is 0 Å². The summed E-state index contributed by atoms with van der Waals surface area (Å²) in [6, 6.07) is 0.436. The molecule has 0 saturated heterocycles. The van der Waals surface area contributed by atoms with E-state index in [1.54, 1.807) is 0 Å². The van der Waals surface area contributed by atoms with Gasteiger partial charge in [0, 0.05) is 6.04 Å². The van der Waals surface area contributed by atoms with E-state index < -0.39 is 0 Å². The van der Waals surface area contributed by atoms with Crippen LogP contribution in [0.3, 0.4) is 0 Å². The fraction of sp³-hybridized carbons (Fsp3) is 0.857. The number of guanidine groups is 1. The Bertz CT molecular complexity index is 154. The van der Waals surface area contributed by atoms with Crippen molar-refractivity contribution >= 4 is 5.96 Å². The second kappa shape index (κ2) is 3.57. The Morgan fingerprint density at radius 1 is 1.82 bits per heavy atom. The van der Waals surface area contributed by atoms with E-state index in [9.17, 15) is 0 Å². The fourth-order valence-electron chi connectivity index (χ4n) is 0.736. The summed E-state index contributed by atoms with van der Waals surface area (Å²) in [6.07, 6.45) is 2.30. The van der Waals surface area contributed by atoms with Crippen LogP contribution in [0.5, 0.6) is 0 Å². The Hall–Kier alpha value is -0.770. The van der Waals surface area contributed by atoms with Crippen molar-refractivity contribution in [3.05, 3.63) is 0 Å². The predicted octanol–water partition coefficient (Wildman–Crippen LogP) is -0.566. The van der Waals surface area contributed by atoms with Gasteiger partial charge in [0.05, 0.1) is 12.6 Å². The minimum absolute atomic E-state index is 0.00231. The molecule has 0 radical (unpaired) electrons. The van der Waals surface area contributed by atoms with Crippen molar-refractivity contribution in [1.29, 1.82) is 0 Å². The van der Waals surface area contributed by atoms with E-state index in [1.165, 1.54) is 0 Å². The van der Waals surface area contributed by atoms with Gasteiger partial charge < -0.3 is 16.2 Å². The first kappa shape index (κ1) is 8.33. The van der Waals surface area contributed by atoms with Gasteiger partial charge in [0.2, 0.25) is 0 Å². The molecule has 0 bridgehead atoms. The van der Waals surface area contributed by atoms with Crippen molar-refractivity contribution in [1.82, 2.24) is 5.32 Å². The van der Waals surface area contributed by atoms with E-state index in [4.69, 9.17) is 10.8 Å². The van der Waals surface area contributed by atoms with Crippen molar-refractivity contribution in [2.75, 3.05) is 6.61 Å². The molecule has 1 fully saturated rings. The van der Waals surface area contributed by atoms with Crippen LogP contribution in [0.15, 0.2) is 4.99 Å². The molecule has 1 rings (SSSR count). The number of aliphatic hydroxyl groups is 1. The van der Waals surface area contributed by atoms with Crippen molar-refractivity contribution in [3.8, 4) is 0 Å². The Labute approximate surface area is 66.5 Å². The summed E-state index contributed by atoms with van der Waals surface area (Å²) in [4.78, 5) is 4.15. The molecule has 0 aromatic carbocycles. The molecule has 0 aliphatic heterocycles. The third-order valence-corrected chi connectivity index (χ3v) is 1.54. The highest BCUT2D eigenvalue weighted by Crippen LogP contribution is 2.22. The molecule has 64 valence electrons. The van der Waals surface area contributed by atoms with E-state index in [-0.39, 0.29) is 12.6 Å². The van der Waals surface area contributed by atoms with Gasteiger partial charge in [-0.3, -0.25) is 4.99 Å². The second-order valence-corrected chi connectivity index (χ2v) is 2.97. The smallest absolute Gasteiger partial charge is 0.189 e. The quantitative estimate of drug-likeness (QED) is 0.379. The number of rotatable bonds is 3. The lowest BCUT2D eigenvalue weighted by molar-refractivity contribution is 0.264. The third kappa shape index (κ3) is 3.23. The topological polar surface area (TPSA) is 70.6 Å². The van der Waals surface area contributed by atoms with Gasteiger partial charge >= 0.3 is 0 Å². The zero-order valence-electron chi connectivity index (χ0n) is 6.75. The fourth-order valence-corrected chi connectivity index (χ4v) is 0.736. The maximum absolute atomic E-state index is 8.66. The molecule has 4 heteroatoms. The molecule has 1 aliphatic carbocycles. The maximum atomic E-state index is 8.66. The highest BCUT2D eigenvalue weighted by molar-refractivity contribution is 5.78. The van der Waals surface area contributed by atoms with Crippen molar-refractivity contribution < 1.29 is 5.11 Å². The van der Waals surface area contributed by atoms with Gasteiger partial charge in [-0.05, 0) is 19.8 Å². The van der Waals surface area contributed by atoms with E-state index in [1.807, 2.05) is 6.92 Å². The van der Waals surface area contributed by atoms with Crippen LogP contribution >= 0.6 is 0 Å². The van der Waals surface area contributed by atoms with Crippen LogP contribution in [-0.4, -0.2) is 29.8 Å². The summed E-state index contributed by atoms with van der Waals surface area (Å²) in [5, 5.41) is 11.5. The molecule has 1 saturated carbocycles. The van der Waals surface area contributed by atoms with Crippen molar-refractivity contribution in [3.63, 3.8) is 0 Å². The molecular weight excluding hydrogens is 142 g/mol. The van der Waals surface area contributed by atoms with Crippen LogP contribution in [-0.2, 0) is 0 Å². The first-order valence-electron chi connectivity index (χ1n) is 3.93. The molecule has 0 heterocycles. The molecule has 0 aromatic rings. The van der Waals surface area contributed by atoms with Crippen LogP contribution in [0.2, 0.25) is 0 Å². The highest BCUT2D eigenvalue weighted by atomic mass is 16.3. The maximum Gasteiger partial charge on any atom is 0.189 e. The summed E-state index contributed by atoms with van der Waals surface area (Å²) >= 11 is 0. The predicted molar refractivity (Wildman–Crippen MR) is 44.3 cm³/mol. The van der Waals surface area contributed by atoms with Crippen LogP contribution in [0.4, 0.5) is 0 Å². The number of hydrogen-bond acceptors (Lipinski definition) is 2. The van der Waals surface area contributed by atoms with E-state index in [0.29, 0.717) is 12.0 Å². The lowest BCUT2D eigenvalue weighted by Crippen LogP contribution is -2.40. The van der Waals surface area contributed by atoms with Crippen molar-refractivity contribution in [2.24, 2.45) is 10.7 Å². The number of nitrogens with two attached hydrogens (primary N) is 1.